The minimum atomic E-state index is -0.328. The van der Waals surface area contributed by atoms with Crippen molar-refractivity contribution in [3.05, 3.63) is 47.7 Å². The van der Waals surface area contributed by atoms with Gasteiger partial charge in [0.1, 0.15) is 11.3 Å². The Morgan fingerprint density at radius 1 is 1.21 bits per heavy atom. The number of carbonyl (C=O) groups is 2. The summed E-state index contributed by atoms with van der Waals surface area (Å²) in [5.74, 6) is -0.0357. The van der Waals surface area contributed by atoms with E-state index >= 15 is 0 Å². The number of amides is 1. The van der Waals surface area contributed by atoms with Gasteiger partial charge < -0.3 is 30.3 Å². The summed E-state index contributed by atoms with van der Waals surface area (Å²) >= 11 is 1.45. The maximum absolute atomic E-state index is 12.5. The first-order chi connectivity index (χ1) is 16.0. The van der Waals surface area contributed by atoms with E-state index in [1.165, 1.54) is 11.8 Å². The van der Waals surface area contributed by atoms with E-state index in [2.05, 4.69) is 14.8 Å². The van der Waals surface area contributed by atoms with E-state index in [1.54, 1.807) is 18.1 Å². The second kappa shape index (κ2) is 10.5. The molecule has 8 nitrogen and oxygen atoms in total. The van der Waals surface area contributed by atoms with Crippen LogP contribution in [0, 0.1) is 0 Å². The van der Waals surface area contributed by atoms with E-state index in [0.29, 0.717) is 18.5 Å². The maximum atomic E-state index is 12.5. The van der Waals surface area contributed by atoms with Crippen molar-refractivity contribution in [3.63, 3.8) is 0 Å². The van der Waals surface area contributed by atoms with Crippen LogP contribution in [0.15, 0.2) is 41.6 Å². The quantitative estimate of drug-likeness (QED) is 0.593. The number of hydrogen-bond acceptors (Lipinski definition) is 8. The monoisotopic (exact) mass is 469 g/mol. The van der Waals surface area contributed by atoms with Gasteiger partial charge in [-0.05, 0) is 43.2 Å². The molecule has 1 saturated heterocycles. The summed E-state index contributed by atoms with van der Waals surface area (Å²) in [5.41, 5.74) is 10.2. The number of thioether (sulfide) groups is 1. The summed E-state index contributed by atoms with van der Waals surface area (Å²) in [6.07, 6.45) is 4.28. The highest BCUT2D eigenvalue weighted by molar-refractivity contribution is 8.00. The van der Waals surface area contributed by atoms with Crippen molar-refractivity contribution in [2.75, 3.05) is 56.2 Å². The molecule has 2 aromatic rings. The molecule has 176 valence electrons. The fraction of sp³-hybridized carbons (Fsp3) is 0.458. The van der Waals surface area contributed by atoms with Crippen LogP contribution in [0.1, 0.15) is 34.8 Å². The Labute approximate surface area is 198 Å². The third-order valence-corrected chi connectivity index (χ3v) is 7.54. The summed E-state index contributed by atoms with van der Waals surface area (Å²) < 4.78 is 0. The lowest BCUT2D eigenvalue weighted by Crippen LogP contribution is -2.32. The molecule has 1 amide bonds. The minimum absolute atomic E-state index is 0.0357. The molecular formula is C24H31N5O3S. The van der Waals surface area contributed by atoms with Crippen LogP contribution in [-0.2, 0) is 4.79 Å². The number of aliphatic hydroxyl groups excluding tert-OH is 1. The van der Waals surface area contributed by atoms with Gasteiger partial charge >= 0.3 is 0 Å². The molecule has 0 saturated carbocycles. The number of benzene rings is 1. The summed E-state index contributed by atoms with van der Waals surface area (Å²) in [6.45, 7) is 4.12. The zero-order valence-corrected chi connectivity index (χ0v) is 19.7. The van der Waals surface area contributed by atoms with Gasteiger partial charge in [0.05, 0.1) is 11.3 Å². The number of carbonyl (C=O) groups excluding carboxylic acids is 2. The van der Waals surface area contributed by atoms with Crippen LogP contribution < -0.4 is 15.5 Å². The zero-order chi connectivity index (χ0) is 23.4. The van der Waals surface area contributed by atoms with Gasteiger partial charge in [-0.3, -0.25) is 4.79 Å². The number of hydrogen-bond donors (Lipinski definition) is 2. The van der Waals surface area contributed by atoms with Gasteiger partial charge in [-0.1, -0.05) is 11.8 Å². The lowest BCUT2D eigenvalue weighted by Gasteiger charge is -2.27. The van der Waals surface area contributed by atoms with Crippen molar-refractivity contribution in [3.8, 4) is 0 Å². The molecular weight excluding hydrogens is 438 g/mol. The standard InChI is InChI=1S/C24H31N5O3S/c1-27(10-3-15-30)24(32)17-4-6-18(7-5-17)28-11-2-12-29(14-13-28)19-8-9-26-23-21(19)22(25)20(16-31)33-23/h4-9,16,20,22,30H,2-3,10-15,25H2,1H3. The van der Waals surface area contributed by atoms with Crippen molar-refractivity contribution < 1.29 is 14.7 Å². The summed E-state index contributed by atoms with van der Waals surface area (Å²) in [7, 11) is 1.76. The van der Waals surface area contributed by atoms with Gasteiger partial charge in [0.2, 0.25) is 0 Å². The van der Waals surface area contributed by atoms with Crippen LogP contribution in [0.3, 0.4) is 0 Å². The molecule has 2 atom stereocenters. The fourth-order valence-electron chi connectivity index (χ4n) is 4.47. The Hall–Kier alpha value is -2.62. The largest absolute Gasteiger partial charge is 0.396 e. The Morgan fingerprint density at radius 3 is 2.67 bits per heavy atom. The van der Waals surface area contributed by atoms with Gasteiger partial charge in [-0.25, -0.2) is 4.98 Å². The number of nitrogens with two attached hydrogens (primary N) is 1. The number of rotatable bonds is 7. The minimum Gasteiger partial charge on any atom is -0.396 e. The van der Waals surface area contributed by atoms with E-state index < -0.39 is 0 Å². The van der Waals surface area contributed by atoms with Crippen molar-refractivity contribution in [2.24, 2.45) is 5.73 Å². The normalized spacial score (nSPS) is 20.3. The smallest absolute Gasteiger partial charge is 0.253 e. The van der Waals surface area contributed by atoms with Crippen LogP contribution >= 0.6 is 11.8 Å². The second-order valence-electron chi connectivity index (χ2n) is 8.47. The van der Waals surface area contributed by atoms with Gasteiger partial charge in [-0.2, -0.15) is 0 Å². The first-order valence-corrected chi connectivity index (χ1v) is 12.2. The maximum Gasteiger partial charge on any atom is 0.253 e. The molecule has 2 aliphatic heterocycles. The Kier molecular flexibility index (Phi) is 7.52. The second-order valence-corrected chi connectivity index (χ2v) is 9.64. The number of nitrogens with zero attached hydrogens (tertiary/aromatic N) is 4. The third kappa shape index (κ3) is 5.00. The van der Waals surface area contributed by atoms with Crippen LogP contribution in [-0.4, -0.2) is 78.8 Å². The lowest BCUT2D eigenvalue weighted by atomic mass is 10.0. The van der Waals surface area contributed by atoms with Gasteiger partial charge in [-0.15, -0.1) is 0 Å². The molecule has 2 aliphatic rings. The number of aromatic nitrogens is 1. The summed E-state index contributed by atoms with van der Waals surface area (Å²) in [5, 5.41) is 9.56. The Balaban J connectivity index is 1.43. The summed E-state index contributed by atoms with van der Waals surface area (Å²) in [6, 6.07) is 9.45. The van der Waals surface area contributed by atoms with Crippen molar-refractivity contribution >= 4 is 35.3 Å². The topological polar surface area (TPSA) is 103 Å². The number of aldehydes is 1. The molecule has 0 aliphatic carbocycles. The molecule has 9 heteroatoms. The molecule has 0 bridgehead atoms. The van der Waals surface area contributed by atoms with E-state index in [9.17, 15) is 9.59 Å². The fourth-order valence-corrected chi connectivity index (χ4v) is 5.55. The van der Waals surface area contributed by atoms with Crippen molar-refractivity contribution in [1.29, 1.82) is 0 Å². The van der Waals surface area contributed by atoms with E-state index in [4.69, 9.17) is 10.8 Å². The van der Waals surface area contributed by atoms with Gasteiger partial charge in [0.15, 0.2) is 0 Å². The van der Waals surface area contributed by atoms with Crippen LogP contribution in [0.4, 0.5) is 11.4 Å². The molecule has 1 aromatic carbocycles. The molecule has 1 aromatic heterocycles. The predicted molar refractivity (Wildman–Crippen MR) is 131 cm³/mol. The Bertz CT molecular complexity index is 987. The average Bonchev–Trinajstić information content (AvgIpc) is 3.01. The SMILES string of the molecule is CN(CCCO)C(=O)c1ccc(N2CCCN(c3ccnc4c3C(N)C(C=O)S4)CC2)cc1. The zero-order valence-electron chi connectivity index (χ0n) is 18.9. The highest BCUT2D eigenvalue weighted by Crippen LogP contribution is 2.45. The highest BCUT2D eigenvalue weighted by atomic mass is 32.2. The molecule has 1 fully saturated rings. The highest BCUT2D eigenvalue weighted by Gasteiger charge is 2.35. The van der Waals surface area contributed by atoms with Crippen molar-refractivity contribution in [2.45, 2.75) is 29.2 Å². The van der Waals surface area contributed by atoms with Crippen LogP contribution in [0.5, 0.6) is 0 Å². The van der Waals surface area contributed by atoms with Gasteiger partial charge in [0.25, 0.3) is 5.91 Å². The van der Waals surface area contributed by atoms with E-state index in [0.717, 1.165) is 60.9 Å². The van der Waals surface area contributed by atoms with E-state index in [1.807, 2.05) is 30.3 Å². The average molecular weight is 470 g/mol. The molecule has 4 rings (SSSR count). The third-order valence-electron chi connectivity index (χ3n) is 6.31. The first kappa shape index (κ1) is 23.5. The number of anilines is 2. The molecule has 0 spiro atoms. The van der Waals surface area contributed by atoms with Crippen molar-refractivity contribution in [1.82, 2.24) is 9.88 Å². The molecule has 3 heterocycles. The molecule has 3 N–H and O–H groups in total. The number of pyridine rings is 1. The van der Waals surface area contributed by atoms with Crippen LogP contribution in [0.25, 0.3) is 0 Å². The van der Waals surface area contributed by atoms with E-state index in [-0.39, 0.29) is 23.8 Å². The molecule has 2 unspecified atom stereocenters. The lowest BCUT2D eigenvalue weighted by molar-refractivity contribution is -0.107. The Morgan fingerprint density at radius 2 is 1.94 bits per heavy atom. The molecule has 33 heavy (non-hydrogen) atoms. The van der Waals surface area contributed by atoms with Crippen LogP contribution in [0.2, 0.25) is 0 Å². The predicted octanol–water partition coefficient (Wildman–Crippen LogP) is 1.93. The summed E-state index contributed by atoms with van der Waals surface area (Å²) in [4.78, 5) is 34.7. The first-order valence-electron chi connectivity index (χ1n) is 11.4. The number of fused-ring (bicyclic) bond motifs is 1. The number of aliphatic hydroxyl groups is 1. The molecule has 0 radical (unpaired) electrons. The van der Waals surface area contributed by atoms with Gasteiger partial charge in [0, 0.05) is 75.1 Å².